The van der Waals surface area contributed by atoms with Crippen molar-refractivity contribution in [2.75, 3.05) is 0 Å². The Kier molecular flexibility index (Phi) is 2.91. The van der Waals surface area contributed by atoms with Crippen molar-refractivity contribution in [2.45, 2.75) is 0 Å². The van der Waals surface area contributed by atoms with Crippen LogP contribution >= 0.6 is 19.9 Å². The van der Waals surface area contributed by atoms with Gasteiger partial charge in [-0.25, -0.2) is 0 Å². The van der Waals surface area contributed by atoms with E-state index in [-0.39, 0.29) is 0 Å². The number of halogens is 2. The molecule has 0 heterocycles. The standard InChI is InChI=1S/C6H5AsCl2/c8-7(9)6-4-2-1-3-5-6/h1-5H. The predicted molar refractivity (Wildman–Crippen MR) is 43.5 cm³/mol. The summed E-state index contributed by atoms with van der Waals surface area (Å²) in [5.74, 6) is 0. The average molecular weight is 223 g/mol. The van der Waals surface area contributed by atoms with Gasteiger partial charge in [-0.3, -0.25) is 0 Å². The molecular formula is C6H5AsCl2. The molecule has 9 heavy (non-hydrogen) atoms. The monoisotopic (exact) mass is 222 g/mol. The summed E-state index contributed by atoms with van der Waals surface area (Å²) in [5, 5.41) is 0. The van der Waals surface area contributed by atoms with Gasteiger partial charge in [-0.05, 0) is 0 Å². The Hall–Kier alpha value is 0.358. The number of benzene rings is 1. The maximum atomic E-state index is 5.71. The van der Waals surface area contributed by atoms with Crippen LogP contribution in [0.1, 0.15) is 0 Å². The van der Waals surface area contributed by atoms with Crippen molar-refractivity contribution in [1.29, 1.82) is 0 Å². The van der Waals surface area contributed by atoms with Crippen LogP contribution < -0.4 is 4.35 Å². The van der Waals surface area contributed by atoms with Gasteiger partial charge in [0.15, 0.2) is 0 Å². The first-order chi connectivity index (χ1) is 4.30. The van der Waals surface area contributed by atoms with E-state index in [2.05, 4.69) is 0 Å². The normalized spacial score (nSPS) is 10.1. The van der Waals surface area contributed by atoms with Gasteiger partial charge in [-0.15, -0.1) is 0 Å². The Morgan fingerprint density at radius 3 is 1.89 bits per heavy atom. The molecule has 0 saturated carbocycles. The van der Waals surface area contributed by atoms with Crippen LogP contribution in [0.2, 0.25) is 0 Å². The SMILES string of the molecule is Cl[As](Cl)c1ccccc1. The van der Waals surface area contributed by atoms with Crippen molar-refractivity contribution in [3.8, 4) is 0 Å². The zero-order valence-electron chi connectivity index (χ0n) is 4.59. The van der Waals surface area contributed by atoms with Crippen LogP contribution in [0.5, 0.6) is 0 Å². The van der Waals surface area contributed by atoms with Crippen molar-refractivity contribution < 1.29 is 0 Å². The van der Waals surface area contributed by atoms with E-state index < -0.39 is 12.8 Å². The van der Waals surface area contributed by atoms with Crippen LogP contribution in [0.3, 0.4) is 0 Å². The second-order valence-electron chi connectivity index (χ2n) is 1.57. The fraction of sp³-hybridized carbons (Fsp3) is 0. The Morgan fingerprint density at radius 2 is 1.56 bits per heavy atom. The summed E-state index contributed by atoms with van der Waals surface area (Å²) >= 11 is -1.64. The predicted octanol–water partition coefficient (Wildman–Crippen LogP) is 1.86. The van der Waals surface area contributed by atoms with Crippen LogP contribution in [0.25, 0.3) is 0 Å². The summed E-state index contributed by atoms with van der Waals surface area (Å²) in [6.45, 7) is 0. The molecule has 0 amide bonds. The molecule has 0 aliphatic heterocycles. The minimum absolute atomic E-state index is 1.09. The van der Waals surface area contributed by atoms with Gasteiger partial charge in [0.05, 0.1) is 0 Å². The average Bonchev–Trinajstić information content (AvgIpc) is 1.90. The van der Waals surface area contributed by atoms with Crippen molar-refractivity contribution in [3.05, 3.63) is 30.3 Å². The van der Waals surface area contributed by atoms with Gasteiger partial charge in [0.25, 0.3) is 0 Å². The Balaban J connectivity index is 2.85. The van der Waals surface area contributed by atoms with Crippen LogP contribution in [0.15, 0.2) is 30.3 Å². The second-order valence-corrected chi connectivity index (χ2v) is 8.04. The number of hydrogen-bond donors (Lipinski definition) is 0. The van der Waals surface area contributed by atoms with E-state index in [0.717, 1.165) is 4.35 Å². The van der Waals surface area contributed by atoms with Gasteiger partial charge in [0.1, 0.15) is 0 Å². The molecule has 0 saturated heterocycles. The maximum absolute atomic E-state index is 5.71. The molecule has 3 heteroatoms. The number of rotatable bonds is 1. The topological polar surface area (TPSA) is 0 Å². The van der Waals surface area contributed by atoms with Crippen molar-refractivity contribution in [3.63, 3.8) is 0 Å². The molecule has 0 aromatic heterocycles. The molecule has 1 aromatic carbocycles. The first-order valence-corrected chi connectivity index (χ1v) is 8.34. The molecule has 1 aromatic rings. The first kappa shape index (κ1) is 7.47. The third kappa shape index (κ3) is 2.21. The zero-order chi connectivity index (χ0) is 6.69. The van der Waals surface area contributed by atoms with E-state index in [1.54, 1.807) is 0 Å². The summed E-state index contributed by atoms with van der Waals surface area (Å²) < 4.78 is 1.09. The van der Waals surface area contributed by atoms with Gasteiger partial charge in [-0.1, -0.05) is 0 Å². The molecule has 0 nitrogen and oxygen atoms in total. The van der Waals surface area contributed by atoms with Gasteiger partial charge in [-0.2, -0.15) is 0 Å². The second kappa shape index (κ2) is 3.51. The fourth-order valence-electron chi connectivity index (χ4n) is 0.541. The van der Waals surface area contributed by atoms with Crippen molar-refractivity contribution >= 4 is 37.0 Å². The Morgan fingerprint density at radius 1 is 1.00 bits per heavy atom. The molecule has 0 aliphatic carbocycles. The molecule has 48 valence electrons. The molecule has 0 unspecified atom stereocenters. The van der Waals surface area contributed by atoms with E-state index in [1.807, 2.05) is 30.3 Å². The summed E-state index contributed by atoms with van der Waals surface area (Å²) in [6, 6.07) is 9.76. The van der Waals surface area contributed by atoms with Crippen LogP contribution in [-0.2, 0) is 0 Å². The number of hydrogen-bond acceptors (Lipinski definition) is 0. The molecular weight excluding hydrogens is 218 g/mol. The van der Waals surface area contributed by atoms with Crippen molar-refractivity contribution in [1.82, 2.24) is 0 Å². The molecule has 0 bridgehead atoms. The van der Waals surface area contributed by atoms with E-state index in [0.29, 0.717) is 0 Å². The van der Waals surface area contributed by atoms with E-state index >= 15 is 0 Å². The van der Waals surface area contributed by atoms with Gasteiger partial charge >= 0.3 is 67.4 Å². The Labute approximate surface area is 67.4 Å². The molecule has 0 spiro atoms. The molecule has 1 rings (SSSR count). The van der Waals surface area contributed by atoms with Gasteiger partial charge in [0.2, 0.25) is 0 Å². The third-order valence-corrected chi connectivity index (χ3v) is 4.42. The fourth-order valence-corrected chi connectivity index (χ4v) is 2.55. The molecule has 0 aliphatic rings. The molecule has 0 N–H and O–H groups in total. The molecule has 0 radical (unpaired) electrons. The quantitative estimate of drug-likeness (QED) is 0.637. The van der Waals surface area contributed by atoms with Gasteiger partial charge in [0, 0.05) is 0 Å². The van der Waals surface area contributed by atoms with Crippen LogP contribution in [-0.4, -0.2) is 12.8 Å². The first-order valence-electron chi connectivity index (χ1n) is 2.47. The van der Waals surface area contributed by atoms with E-state index in [9.17, 15) is 0 Å². The van der Waals surface area contributed by atoms with Gasteiger partial charge < -0.3 is 0 Å². The zero-order valence-corrected chi connectivity index (χ0v) is 7.98. The Bertz CT molecular complexity index is 174. The minimum atomic E-state index is -1.64. The van der Waals surface area contributed by atoms with Crippen LogP contribution in [0, 0.1) is 0 Å². The summed E-state index contributed by atoms with van der Waals surface area (Å²) in [6.07, 6.45) is 0. The van der Waals surface area contributed by atoms with Crippen LogP contribution in [0.4, 0.5) is 0 Å². The van der Waals surface area contributed by atoms with Crippen molar-refractivity contribution in [2.24, 2.45) is 0 Å². The summed E-state index contributed by atoms with van der Waals surface area (Å²) in [5.41, 5.74) is 0. The molecule has 0 fully saturated rings. The van der Waals surface area contributed by atoms with E-state index in [4.69, 9.17) is 19.9 Å². The van der Waals surface area contributed by atoms with E-state index in [1.165, 1.54) is 0 Å². The molecule has 0 atom stereocenters. The summed E-state index contributed by atoms with van der Waals surface area (Å²) in [7, 11) is 11.4. The summed E-state index contributed by atoms with van der Waals surface area (Å²) in [4.78, 5) is 0. The third-order valence-electron chi connectivity index (χ3n) is 0.951.